The van der Waals surface area contributed by atoms with Crippen molar-refractivity contribution >= 4 is 17.2 Å². The van der Waals surface area contributed by atoms with Crippen molar-refractivity contribution in [1.82, 2.24) is 19.9 Å². The average Bonchev–Trinajstić information content (AvgIpc) is 4.02. The molecular weight excluding hydrogens is 654 g/mol. The summed E-state index contributed by atoms with van der Waals surface area (Å²) in [5.74, 6) is 0. The zero-order valence-electron chi connectivity index (χ0n) is 28.1. The first kappa shape index (κ1) is 25.9. The van der Waals surface area contributed by atoms with Gasteiger partial charge in [0.05, 0.1) is 0 Å². The van der Waals surface area contributed by atoms with E-state index in [0.717, 1.165) is 40.3 Å². The third-order valence-corrected chi connectivity index (χ3v) is 72.4. The Morgan fingerprint density at radius 2 is 1.15 bits per heavy atom. The Balaban J connectivity index is 1.21. The van der Waals surface area contributed by atoms with Crippen LogP contribution in [0.5, 0.6) is 0 Å². The molecule has 4 aromatic rings. The second-order valence-electron chi connectivity index (χ2n) is 20.7. The van der Waals surface area contributed by atoms with E-state index < -0.39 is 6.51 Å². The Kier molecular flexibility index (Phi) is 2.32. The normalized spacial score (nSPS) is 56.4. The van der Waals surface area contributed by atoms with E-state index in [4.69, 9.17) is 19.9 Å². The molecule has 7 heteroatoms. The van der Waals surface area contributed by atoms with Gasteiger partial charge in [-0.3, -0.25) is 0 Å². The summed E-state index contributed by atoms with van der Waals surface area (Å²) >= 11 is 0. The van der Waals surface area contributed by atoms with Crippen LogP contribution in [0, 0.1) is 0 Å². The number of hydrogen-bond donors (Lipinski definition) is 0. The number of hydrogen-bond acceptors (Lipinski definition) is 4. The molecule has 0 aliphatic carbocycles. The molecule has 10 saturated heterocycles. The van der Waals surface area contributed by atoms with Crippen LogP contribution in [0.1, 0.15) is 64.1 Å². The van der Waals surface area contributed by atoms with Crippen molar-refractivity contribution < 1.29 is 6.51 Å². The molecule has 4 nitrogen and oxygen atoms in total. The van der Waals surface area contributed by atoms with Gasteiger partial charge in [0.1, 0.15) is 0 Å². The second kappa shape index (κ2) is 4.21. The third-order valence-electron chi connectivity index (χ3n) is 22.4. The predicted octanol–water partition coefficient (Wildman–Crippen LogP) is 9.81. The van der Waals surface area contributed by atoms with Crippen LogP contribution in [0.3, 0.4) is 0 Å². The van der Waals surface area contributed by atoms with E-state index in [2.05, 4.69) is 124 Å². The zero-order chi connectivity index (χ0) is 32.0. The van der Waals surface area contributed by atoms with Crippen molar-refractivity contribution in [2.45, 2.75) is 103 Å². The molecule has 0 N–H and O–H groups in total. The summed E-state index contributed by atoms with van der Waals surface area (Å²) in [5.41, 5.74) is 5.72. The summed E-state index contributed by atoms with van der Waals surface area (Å²) in [4.78, 5) is 26.0. The molecule has 6 unspecified atom stereocenters. The van der Waals surface area contributed by atoms with Gasteiger partial charge in [-0.25, -0.2) is 0 Å². The Hall–Kier alpha value is -2.02. The van der Waals surface area contributed by atoms with Gasteiger partial charge in [0, 0.05) is 0 Å². The van der Waals surface area contributed by atoms with Gasteiger partial charge < -0.3 is 0 Å². The summed E-state index contributed by atoms with van der Waals surface area (Å²) < 4.78 is 1.28. The van der Waals surface area contributed by atoms with Crippen LogP contribution in [-0.4, -0.2) is 36.4 Å². The Morgan fingerprint density at radius 1 is 0.681 bits per heavy atom. The minimum absolute atomic E-state index is 0.225. The molecule has 12 heterocycles. The second-order valence-corrected chi connectivity index (χ2v) is 48.1. The van der Waals surface area contributed by atoms with E-state index in [1.54, 1.807) is 11.1 Å². The van der Waals surface area contributed by atoms with Gasteiger partial charge >= 0.3 is 273 Å². The van der Waals surface area contributed by atoms with Gasteiger partial charge in [0.2, 0.25) is 0 Å². The molecule has 10 fully saturated rings. The molecule has 2 aromatic carbocycles. The van der Waals surface area contributed by atoms with Crippen molar-refractivity contribution in [2.75, 3.05) is 6.16 Å². The number of nitrogens with zero attached hydrogens (tertiary/aromatic N) is 4. The van der Waals surface area contributed by atoms with E-state index >= 15 is 0 Å². The summed E-state index contributed by atoms with van der Waals surface area (Å²) in [5, 5.41) is 0.132. The van der Waals surface area contributed by atoms with Crippen LogP contribution >= 0.6 is 17.2 Å². The van der Waals surface area contributed by atoms with E-state index in [1.165, 1.54) is 6.16 Å². The fourth-order valence-corrected chi connectivity index (χ4v) is 117. The monoisotopic (exact) mass is 698 g/mol. The quantitative estimate of drug-likeness (QED) is 0.143. The van der Waals surface area contributed by atoms with Crippen LogP contribution in [-0.2, 0) is 20.3 Å². The van der Waals surface area contributed by atoms with Gasteiger partial charge in [0.25, 0.3) is 0 Å². The molecular formula is C40H44FeN4P2. The molecule has 0 amide bonds. The molecule has 1 spiro atoms. The van der Waals surface area contributed by atoms with Crippen LogP contribution in [0.25, 0.3) is 0 Å². The van der Waals surface area contributed by atoms with Crippen LogP contribution in [0.4, 0.5) is 0 Å². The van der Waals surface area contributed by atoms with Crippen molar-refractivity contribution in [1.29, 1.82) is 0 Å². The Bertz CT molecular complexity index is 2480. The maximum atomic E-state index is 5.29. The summed E-state index contributed by atoms with van der Waals surface area (Å²) in [7, 11) is 3.28. The van der Waals surface area contributed by atoms with Gasteiger partial charge in [-0.15, -0.1) is 0 Å². The first-order valence-corrected chi connectivity index (χ1v) is 25.8. The number of aromatic nitrogens is 4. The van der Waals surface area contributed by atoms with Gasteiger partial charge in [0.15, 0.2) is 0 Å². The molecule has 2 aromatic heterocycles. The summed E-state index contributed by atoms with van der Waals surface area (Å²) in [6.07, 6.45) is 13.2. The van der Waals surface area contributed by atoms with Gasteiger partial charge in [-0.1, -0.05) is 0 Å². The molecule has 10 aliphatic heterocycles. The first-order chi connectivity index (χ1) is 22.2. The fourth-order valence-electron chi connectivity index (χ4n) is 25.6. The minimum atomic E-state index is -4.91. The zero-order valence-corrected chi connectivity index (χ0v) is 31.2. The summed E-state index contributed by atoms with van der Waals surface area (Å²) in [6, 6.07) is 24.5. The van der Waals surface area contributed by atoms with E-state index in [1.807, 2.05) is 24.8 Å². The SMILES string of the molecule is CC(C)(C)P(C[C]12[C]3(c4ccccc4)[C]4(c5ccccc5)[CH]5[C]1(C(P)(c1cnccn1)c1cnccn1)[Fe]54231678[CH]2[CH]1[CH]6[CH]7[CH]28)C(C)(C)C. The average molecular weight is 699 g/mol. The third kappa shape index (κ3) is 0.691. The van der Waals surface area contributed by atoms with Gasteiger partial charge in [-0.2, -0.15) is 0 Å². The molecule has 14 rings (SSSR count). The van der Waals surface area contributed by atoms with Crippen LogP contribution < -0.4 is 0 Å². The topological polar surface area (TPSA) is 51.6 Å². The fraction of sp³-hybridized carbons (Fsp3) is 0.500. The van der Waals surface area contributed by atoms with Crippen LogP contribution in [0.2, 0.25) is 37.5 Å². The molecule has 0 saturated carbocycles. The maximum absolute atomic E-state index is 5.29. The van der Waals surface area contributed by atoms with Crippen molar-refractivity contribution in [3.8, 4) is 0 Å². The standard InChI is InChI=1S/C35H39N4P2.C5H5.Fe/c1-33(2,3)41(34(4,5)6)24-28-29(35(40,30-22-36-17-19-38-30)31-23-37-18-20-39-31)21-27(25-13-9-7-10-14-25)32(28)26-15-11-8-12-16-26;1-2-4-5-3-1;/h7-23H,24,40H2,1-6H3;1-5H;. The Morgan fingerprint density at radius 3 is 1.55 bits per heavy atom. The predicted molar refractivity (Wildman–Crippen MR) is 190 cm³/mol. The molecule has 47 heavy (non-hydrogen) atoms. The molecule has 0 bridgehead atoms. The number of benzene rings is 2. The molecule has 6 atom stereocenters. The van der Waals surface area contributed by atoms with E-state index in [0.29, 0.717) is 12.9 Å². The molecule has 10 aliphatic rings. The van der Waals surface area contributed by atoms with E-state index in [9.17, 15) is 0 Å². The molecule has 242 valence electrons. The number of fused-ring (bicyclic) bond motifs is 10. The van der Waals surface area contributed by atoms with Crippen molar-refractivity contribution in [3.63, 3.8) is 0 Å². The van der Waals surface area contributed by atoms with Crippen LogP contribution in [0.15, 0.2) is 97.8 Å². The first-order valence-electron chi connectivity index (χ1n) is 17.6. The van der Waals surface area contributed by atoms with Crippen molar-refractivity contribution in [3.05, 3.63) is 120 Å². The number of rotatable bonds is 7. The van der Waals surface area contributed by atoms with Crippen molar-refractivity contribution in [2.24, 2.45) is 0 Å². The van der Waals surface area contributed by atoms with E-state index in [-0.39, 0.29) is 27.7 Å². The summed E-state index contributed by atoms with van der Waals surface area (Å²) in [6.45, 7) is 10.5. The van der Waals surface area contributed by atoms with Gasteiger partial charge in [-0.05, 0) is 0 Å². The molecule has 0 radical (unpaired) electrons. The Labute approximate surface area is 272 Å².